The zero-order chi connectivity index (χ0) is 22.2. The lowest BCUT2D eigenvalue weighted by Crippen LogP contribution is -2.56. The quantitative estimate of drug-likeness (QED) is 0.589. The van der Waals surface area contributed by atoms with E-state index in [1.165, 1.54) is 6.07 Å². The maximum absolute atomic E-state index is 12.8. The lowest BCUT2D eigenvalue weighted by molar-refractivity contribution is -0.894. The van der Waals surface area contributed by atoms with Crippen molar-refractivity contribution in [3.63, 3.8) is 0 Å². The molecule has 1 fully saturated rings. The molecule has 2 aromatic heterocycles. The Labute approximate surface area is 177 Å². The van der Waals surface area contributed by atoms with Crippen molar-refractivity contribution in [1.82, 2.24) is 14.9 Å². The van der Waals surface area contributed by atoms with E-state index in [-0.39, 0.29) is 11.8 Å². The van der Waals surface area contributed by atoms with E-state index < -0.39 is 11.7 Å². The van der Waals surface area contributed by atoms with Crippen LogP contribution >= 0.6 is 0 Å². The fourth-order valence-corrected chi connectivity index (χ4v) is 3.39. The third-order valence-corrected chi connectivity index (χ3v) is 5.40. The number of carbonyl (C=O) groups excluding carboxylic acids is 1. The maximum Gasteiger partial charge on any atom is 0.417 e. The van der Waals surface area contributed by atoms with E-state index in [2.05, 4.69) is 24.1 Å². The Bertz CT molecular complexity index is 1100. The Balaban J connectivity index is 1.49. The van der Waals surface area contributed by atoms with Crippen molar-refractivity contribution in [3.05, 3.63) is 59.9 Å². The molecule has 6 nitrogen and oxygen atoms in total. The Morgan fingerprint density at radius 1 is 1.06 bits per heavy atom. The average molecular weight is 431 g/mol. The molecular formula is C22H22F3N4O2+. The van der Waals surface area contributed by atoms with Gasteiger partial charge in [0.2, 0.25) is 5.88 Å². The third kappa shape index (κ3) is 4.77. The van der Waals surface area contributed by atoms with E-state index in [1.807, 2.05) is 4.90 Å². The second-order valence-electron chi connectivity index (χ2n) is 8.21. The molecule has 4 rings (SSSR count). The summed E-state index contributed by atoms with van der Waals surface area (Å²) >= 11 is 0. The molecule has 1 aromatic carbocycles. The number of piperazine rings is 1. The molecule has 3 heterocycles. The van der Waals surface area contributed by atoms with E-state index in [1.54, 1.807) is 30.3 Å². The predicted octanol–water partition coefficient (Wildman–Crippen LogP) is 3.97. The average Bonchev–Trinajstić information content (AvgIpc) is 2.72. The molecule has 3 aromatic rings. The van der Waals surface area contributed by atoms with Gasteiger partial charge in [-0.15, -0.1) is 0 Å². The van der Waals surface area contributed by atoms with Gasteiger partial charge >= 0.3 is 6.18 Å². The number of halogens is 3. The molecule has 1 amide bonds. The van der Waals surface area contributed by atoms with E-state index in [0.717, 1.165) is 35.2 Å². The highest BCUT2D eigenvalue weighted by atomic mass is 19.4. The number of amides is 1. The second kappa shape index (κ2) is 7.81. The lowest BCUT2D eigenvalue weighted by atomic mass is 10.1. The molecule has 0 aliphatic carbocycles. The molecule has 1 aliphatic rings. The highest BCUT2D eigenvalue weighted by Gasteiger charge is 2.31. The molecule has 0 bridgehead atoms. The zero-order valence-electron chi connectivity index (χ0n) is 17.2. The number of hydrogen-bond donors (Lipinski definition) is 0. The number of quaternary nitrogens is 1. The van der Waals surface area contributed by atoms with Gasteiger partial charge in [0.05, 0.1) is 51.4 Å². The molecule has 31 heavy (non-hydrogen) atoms. The van der Waals surface area contributed by atoms with Crippen LogP contribution in [0.15, 0.2) is 48.7 Å². The molecule has 0 saturated carbocycles. The summed E-state index contributed by atoms with van der Waals surface area (Å²) in [5.74, 6) is 0.381. The summed E-state index contributed by atoms with van der Waals surface area (Å²) in [6, 6.07) is 10.6. The van der Waals surface area contributed by atoms with Gasteiger partial charge in [-0.05, 0) is 30.3 Å². The van der Waals surface area contributed by atoms with Crippen molar-refractivity contribution in [2.24, 2.45) is 0 Å². The number of ether oxygens (including phenoxy) is 1. The lowest BCUT2D eigenvalue weighted by Gasteiger charge is -2.38. The minimum absolute atomic E-state index is 0.0542. The first kappa shape index (κ1) is 21.0. The van der Waals surface area contributed by atoms with E-state index in [0.29, 0.717) is 30.0 Å². The summed E-state index contributed by atoms with van der Waals surface area (Å²) in [6.45, 7) is 3.19. The first-order valence-corrected chi connectivity index (χ1v) is 9.84. The standard InChI is InChI=1S/C22H22F3N4O2/c1-29(2)11-9-28(10-12-29)21(30)19-6-3-15-13-17(5-7-18(15)27-19)31-20-8-4-16(14-26-20)22(23,24)25/h3-8,13-14H,9-12H2,1-2H3/q+1. The maximum atomic E-state index is 12.8. The summed E-state index contributed by atoms with van der Waals surface area (Å²) < 4.78 is 44.4. The number of hydrogen-bond acceptors (Lipinski definition) is 4. The van der Waals surface area contributed by atoms with Gasteiger partial charge in [0.15, 0.2) is 0 Å². The summed E-state index contributed by atoms with van der Waals surface area (Å²) in [5, 5.41) is 0.748. The molecule has 0 spiro atoms. The van der Waals surface area contributed by atoms with E-state index in [4.69, 9.17) is 4.74 Å². The fraction of sp³-hybridized carbons (Fsp3) is 0.318. The first-order chi connectivity index (χ1) is 14.6. The van der Waals surface area contributed by atoms with Gasteiger partial charge < -0.3 is 14.1 Å². The van der Waals surface area contributed by atoms with Crippen LogP contribution in [-0.4, -0.2) is 65.5 Å². The van der Waals surface area contributed by atoms with Crippen LogP contribution in [0.3, 0.4) is 0 Å². The largest absolute Gasteiger partial charge is 0.439 e. The molecule has 0 N–H and O–H groups in total. The monoisotopic (exact) mass is 431 g/mol. The van der Waals surface area contributed by atoms with Crippen LogP contribution in [0.25, 0.3) is 10.9 Å². The summed E-state index contributed by atoms with van der Waals surface area (Å²) in [5.41, 5.74) is 0.181. The molecular weight excluding hydrogens is 409 g/mol. The van der Waals surface area contributed by atoms with E-state index in [9.17, 15) is 18.0 Å². The number of rotatable bonds is 3. The van der Waals surface area contributed by atoms with Crippen molar-refractivity contribution in [2.75, 3.05) is 40.3 Å². The van der Waals surface area contributed by atoms with Crippen molar-refractivity contribution in [2.45, 2.75) is 6.18 Å². The number of carbonyl (C=O) groups is 1. The Morgan fingerprint density at radius 2 is 1.81 bits per heavy atom. The highest BCUT2D eigenvalue weighted by Crippen LogP contribution is 2.30. The van der Waals surface area contributed by atoms with Gasteiger partial charge in [-0.2, -0.15) is 13.2 Å². The highest BCUT2D eigenvalue weighted by molar-refractivity contribution is 5.95. The molecule has 0 atom stereocenters. The summed E-state index contributed by atoms with van der Waals surface area (Å²) in [4.78, 5) is 22.8. The van der Waals surface area contributed by atoms with Gasteiger partial charge in [0, 0.05) is 17.6 Å². The first-order valence-electron chi connectivity index (χ1n) is 9.84. The molecule has 1 aliphatic heterocycles. The van der Waals surface area contributed by atoms with Crippen molar-refractivity contribution >= 4 is 16.8 Å². The van der Waals surface area contributed by atoms with Gasteiger partial charge in [0.25, 0.3) is 5.91 Å². The van der Waals surface area contributed by atoms with Gasteiger partial charge in [-0.1, -0.05) is 6.07 Å². The smallest absolute Gasteiger partial charge is 0.417 e. The Morgan fingerprint density at radius 3 is 2.45 bits per heavy atom. The summed E-state index contributed by atoms with van der Waals surface area (Å²) in [6.07, 6.45) is -3.71. The van der Waals surface area contributed by atoms with Crippen LogP contribution in [0.4, 0.5) is 13.2 Å². The minimum Gasteiger partial charge on any atom is -0.439 e. The molecule has 0 radical (unpaired) electrons. The van der Waals surface area contributed by atoms with Crippen LogP contribution in [0.1, 0.15) is 16.1 Å². The molecule has 1 saturated heterocycles. The number of benzene rings is 1. The van der Waals surface area contributed by atoms with E-state index >= 15 is 0 Å². The zero-order valence-corrected chi connectivity index (χ0v) is 17.2. The number of pyridine rings is 2. The van der Waals surface area contributed by atoms with Crippen LogP contribution in [0.2, 0.25) is 0 Å². The normalized spacial score (nSPS) is 16.4. The summed E-state index contributed by atoms with van der Waals surface area (Å²) in [7, 11) is 4.30. The van der Waals surface area contributed by atoms with Crippen molar-refractivity contribution < 1.29 is 27.2 Å². The van der Waals surface area contributed by atoms with Crippen molar-refractivity contribution in [3.8, 4) is 11.6 Å². The fourth-order valence-electron chi connectivity index (χ4n) is 3.39. The second-order valence-corrected chi connectivity index (χ2v) is 8.21. The molecule has 0 unspecified atom stereocenters. The number of aromatic nitrogens is 2. The number of nitrogens with zero attached hydrogens (tertiary/aromatic N) is 4. The number of alkyl halides is 3. The number of likely N-dealkylation sites (N-methyl/N-ethyl adjacent to an activating group) is 1. The van der Waals surface area contributed by atoms with Gasteiger partial charge in [-0.3, -0.25) is 4.79 Å². The topological polar surface area (TPSA) is 55.3 Å². The van der Waals surface area contributed by atoms with Crippen LogP contribution in [-0.2, 0) is 6.18 Å². The van der Waals surface area contributed by atoms with Crippen molar-refractivity contribution in [1.29, 1.82) is 0 Å². The van der Waals surface area contributed by atoms with Crippen LogP contribution in [0, 0.1) is 0 Å². The molecule has 9 heteroatoms. The predicted molar refractivity (Wildman–Crippen MR) is 109 cm³/mol. The minimum atomic E-state index is -4.45. The molecule has 162 valence electrons. The third-order valence-electron chi connectivity index (χ3n) is 5.40. The van der Waals surface area contributed by atoms with Crippen LogP contribution in [0.5, 0.6) is 11.6 Å². The number of fused-ring (bicyclic) bond motifs is 1. The Kier molecular flexibility index (Phi) is 5.30. The van der Waals surface area contributed by atoms with Crippen LogP contribution < -0.4 is 4.74 Å². The SMILES string of the molecule is C[N+]1(C)CCN(C(=O)c2ccc3cc(Oc4ccc(C(F)(F)F)cn4)ccc3n2)CC1. The van der Waals surface area contributed by atoms with Gasteiger partial charge in [-0.25, -0.2) is 9.97 Å². The van der Waals surface area contributed by atoms with Gasteiger partial charge in [0.1, 0.15) is 11.4 Å². The Hall–Kier alpha value is -3.20.